The van der Waals surface area contributed by atoms with E-state index in [0.717, 1.165) is 12.8 Å². The third-order valence-corrected chi connectivity index (χ3v) is 1.86. The van der Waals surface area contributed by atoms with Crippen molar-refractivity contribution in [3.63, 3.8) is 0 Å². The molecule has 0 aromatic heterocycles. The van der Waals surface area contributed by atoms with E-state index in [1.807, 2.05) is 0 Å². The van der Waals surface area contributed by atoms with Crippen LogP contribution in [0.4, 0.5) is 0 Å². The second kappa shape index (κ2) is 6.66. The van der Waals surface area contributed by atoms with E-state index in [4.69, 9.17) is 10.00 Å². The van der Waals surface area contributed by atoms with Gasteiger partial charge >= 0.3 is 5.97 Å². The Morgan fingerprint density at radius 3 is 2.50 bits per heavy atom. The van der Waals surface area contributed by atoms with Gasteiger partial charge in [0.15, 0.2) is 0 Å². The molecule has 0 heterocycles. The van der Waals surface area contributed by atoms with Crippen LogP contribution in [0.2, 0.25) is 0 Å². The molecule has 0 atom stereocenters. The van der Waals surface area contributed by atoms with Crippen LogP contribution in [0, 0.1) is 17.2 Å². The minimum absolute atomic E-state index is 0.139. The van der Waals surface area contributed by atoms with Crippen LogP contribution < -0.4 is 0 Å². The van der Waals surface area contributed by atoms with Crippen LogP contribution in [-0.4, -0.2) is 12.6 Å². The highest BCUT2D eigenvalue weighted by atomic mass is 16.5. The number of rotatable bonds is 5. The Kier molecular flexibility index (Phi) is 6.08. The van der Waals surface area contributed by atoms with E-state index >= 15 is 0 Å². The van der Waals surface area contributed by atoms with Gasteiger partial charge < -0.3 is 4.74 Å². The molecule has 0 aliphatic heterocycles. The number of nitrogens with zero attached hydrogens (tertiary/aromatic N) is 1. The standard InChI is InChI=1S/C9H15NO2/c1-3-8(4-2)7-12-9(11)5-6-10/h8H,3-5,7H2,1-2H3. The molecule has 0 unspecified atom stereocenters. The molecule has 0 aromatic rings. The molecule has 0 amide bonds. The average molecular weight is 169 g/mol. The van der Waals surface area contributed by atoms with Gasteiger partial charge in [0, 0.05) is 0 Å². The van der Waals surface area contributed by atoms with Gasteiger partial charge in [0.05, 0.1) is 12.7 Å². The molecule has 0 rings (SSSR count). The van der Waals surface area contributed by atoms with Gasteiger partial charge in [-0.05, 0) is 5.92 Å². The third-order valence-electron chi connectivity index (χ3n) is 1.86. The Morgan fingerprint density at radius 1 is 1.50 bits per heavy atom. The Morgan fingerprint density at radius 2 is 2.08 bits per heavy atom. The van der Waals surface area contributed by atoms with Crippen molar-refractivity contribution in [3.8, 4) is 6.07 Å². The van der Waals surface area contributed by atoms with Crippen LogP contribution in [0.1, 0.15) is 33.1 Å². The summed E-state index contributed by atoms with van der Waals surface area (Å²) in [4.78, 5) is 10.7. The van der Waals surface area contributed by atoms with E-state index in [-0.39, 0.29) is 6.42 Å². The van der Waals surface area contributed by atoms with Crippen molar-refractivity contribution in [2.75, 3.05) is 6.61 Å². The lowest BCUT2D eigenvalue weighted by atomic mass is 10.1. The lowest BCUT2D eigenvalue weighted by molar-refractivity contribution is -0.143. The summed E-state index contributed by atoms with van der Waals surface area (Å²) in [7, 11) is 0. The molecule has 0 saturated carbocycles. The van der Waals surface area contributed by atoms with Gasteiger partial charge in [-0.3, -0.25) is 4.79 Å². The molecular weight excluding hydrogens is 154 g/mol. The third kappa shape index (κ3) is 4.73. The molecular formula is C9H15NO2. The molecule has 3 heteroatoms. The Bertz CT molecular complexity index is 168. The molecule has 0 aromatic carbocycles. The highest BCUT2D eigenvalue weighted by Gasteiger charge is 2.07. The molecule has 0 saturated heterocycles. The SMILES string of the molecule is CCC(CC)COC(=O)CC#N. The van der Waals surface area contributed by atoms with E-state index in [9.17, 15) is 4.79 Å². The van der Waals surface area contributed by atoms with Crippen molar-refractivity contribution in [1.29, 1.82) is 5.26 Å². The second-order valence-corrected chi connectivity index (χ2v) is 2.70. The first-order chi connectivity index (χ1) is 5.74. The van der Waals surface area contributed by atoms with Crippen molar-refractivity contribution >= 4 is 5.97 Å². The number of ether oxygens (including phenoxy) is 1. The topological polar surface area (TPSA) is 50.1 Å². The molecule has 0 radical (unpaired) electrons. The Labute approximate surface area is 73.3 Å². The average Bonchev–Trinajstić information content (AvgIpc) is 2.07. The highest BCUT2D eigenvalue weighted by Crippen LogP contribution is 2.07. The lowest BCUT2D eigenvalue weighted by Crippen LogP contribution is -2.12. The molecule has 3 nitrogen and oxygen atoms in total. The summed E-state index contributed by atoms with van der Waals surface area (Å²) in [5.74, 6) is 0.0250. The summed E-state index contributed by atoms with van der Waals surface area (Å²) < 4.78 is 4.86. The van der Waals surface area contributed by atoms with Gasteiger partial charge in [-0.25, -0.2) is 0 Å². The van der Waals surface area contributed by atoms with E-state index < -0.39 is 5.97 Å². The Balaban J connectivity index is 3.53. The zero-order valence-electron chi connectivity index (χ0n) is 7.67. The van der Waals surface area contributed by atoms with Crippen molar-refractivity contribution in [2.45, 2.75) is 33.1 Å². The summed E-state index contributed by atoms with van der Waals surface area (Å²) in [5, 5.41) is 8.17. The van der Waals surface area contributed by atoms with Gasteiger partial charge in [0.25, 0.3) is 0 Å². The fraction of sp³-hybridized carbons (Fsp3) is 0.778. The summed E-state index contributed by atoms with van der Waals surface area (Å²) in [5.41, 5.74) is 0. The van der Waals surface area contributed by atoms with Gasteiger partial charge in [-0.2, -0.15) is 5.26 Å². The number of hydrogen-bond acceptors (Lipinski definition) is 3. The maximum Gasteiger partial charge on any atom is 0.320 e. The quantitative estimate of drug-likeness (QED) is 0.590. The predicted molar refractivity (Wildman–Crippen MR) is 45.3 cm³/mol. The number of nitriles is 1. The highest BCUT2D eigenvalue weighted by molar-refractivity contribution is 5.71. The molecule has 0 aliphatic carbocycles. The van der Waals surface area contributed by atoms with E-state index in [1.165, 1.54) is 0 Å². The summed E-state index contributed by atoms with van der Waals surface area (Å²) in [6.45, 7) is 4.58. The van der Waals surface area contributed by atoms with Crippen molar-refractivity contribution in [3.05, 3.63) is 0 Å². The maximum absolute atomic E-state index is 10.7. The molecule has 0 aliphatic rings. The minimum atomic E-state index is -0.413. The van der Waals surface area contributed by atoms with Crippen LogP contribution in [0.15, 0.2) is 0 Å². The molecule has 0 N–H and O–H groups in total. The van der Waals surface area contributed by atoms with Crippen molar-refractivity contribution in [2.24, 2.45) is 5.92 Å². The van der Waals surface area contributed by atoms with Crippen LogP contribution in [0.3, 0.4) is 0 Å². The van der Waals surface area contributed by atoms with Crippen LogP contribution >= 0.6 is 0 Å². The lowest BCUT2D eigenvalue weighted by Gasteiger charge is -2.11. The monoisotopic (exact) mass is 169 g/mol. The Hall–Kier alpha value is -1.04. The number of esters is 1. The van der Waals surface area contributed by atoms with Crippen molar-refractivity contribution < 1.29 is 9.53 Å². The maximum atomic E-state index is 10.7. The largest absolute Gasteiger partial charge is 0.465 e. The summed E-state index contributed by atoms with van der Waals surface area (Å²) in [6.07, 6.45) is 1.88. The summed E-state index contributed by atoms with van der Waals surface area (Å²) >= 11 is 0. The fourth-order valence-corrected chi connectivity index (χ4v) is 0.851. The number of carbonyl (C=O) groups excluding carboxylic acids is 1. The second-order valence-electron chi connectivity index (χ2n) is 2.70. The smallest absolute Gasteiger partial charge is 0.320 e. The van der Waals surface area contributed by atoms with Gasteiger partial charge in [-0.15, -0.1) is 0 Å². The first-order valence-electron chi connectivity index (χ1n) is 4.27. The van der Waals surface area contributed by atoms with Crippen LogP contribution in [0.5, 0.6) is 0 Å². The predicted octanol–water partition coefficient (Wildman–Crippen LogP) is 1.88. The normalized spacial score (nSPS) is 9.50. The van der Waals surface area contributed by atoms with Gasteiger partial charge in [0.2, 0.25) is 0 Å². The van der Waals surface area contributed by atoms with Crippen LogP contribution in [0.25, 0.3) is 0 Å². The molecule has 0 bridgehead atoms. The zero-order chi connectivity index (χ0) is 9.40. The van der Waals surface area contributed by atoms with E-state index in [2.05, 4.69) is 13.8 Å². The molecule has 12 heavy (non-hydrogen) atoms. The zero-order valence-corrected chi connectivity index (χ0v) is 7.67. The number of hydrogen-bond donors (Lipinski definition) is 0. The first kappa shape index (κ1) is 11.0. The van der Waals surface area contributed by atoms with Crippen LogP contribution in [-0.2, 0) is 9.53 Å². The minimum Gasteiger partial charge on any atom is -0.465 e. The fourth-order valence-electron chi connectivity index (χ4n) is 0.851. The first-order valence-corrected chi connectivity index (χ1v) is 4.27. The van der Waals surface area contributed by atoms with Crippen molar-refractivity contribution in [1.82, 2.24) is 0 Å². The summed E-state index contributed by atoms with van der Waals surface area (Å²) in [6, 6.07) is 1.75. The van der Waals surface area contributed by atoms with E-state index in [1.54, 1.807) is 6.07 Å². The molecule has 68 valence electrons. The molecule has 0 fully saturated rings. The molecule has 0 spiro atoms. The van der Waals surface area contributed by atoms with Gasteiger partial charge in [0.1, 0.15) is 6.42 Å². The number of carbonyl (C=O) groups is 1. The van der Waals surface area contributed by atoms with E-state index in [0.29, 0.717) is 12.5 Å². The van der Waals surface area contributed by atoms with Gasteiger partial charge in [-0.1, -0.05) is 26.7 Å².